The van der Waals surface area contributed by atoms with E-state index in [2.05, 4.69) is 5.32 Å². The summed E-state index contributed by atoms with van der Waals surface area (Å²) in [7, 11) is 0. The van der Waals surface area contributed by atoms with Crippen molar-refractivity contribution in [1.82, 2.24) is 0 Å². The van der Waals surface area contributed by atoms with Gasteiger partial charge in [-0.3, -0.25) is 9.59 Å². The Balaban J connectivity index is 2.24. The first-order valence-corrected chi connectivity index (χ1v) is 5.74. The minimum Gasteiger partial charge on any atom is -0.353 e. The summed E-state index contributed by atoms with van der Waals surface area (Å²) >= 11 is 0. The summed E-state index contributed by atoms with van der Waals surface area (Å²) in [4.78, 5) is 25.1. The van der Waals surface area contributed by atoms with Crippen LogP contribution in [0.4, 0.5) is 11.4 Å². The number of amides is 1. The van der Waals surface area contributed by atoms with E-state index >= 15 is 0 Å². The number of rotatable bonds is 3. The van der Waals surface area contributed by atoms with Gasteiger partial charge in [-0.15, -0.1) is 0 Å². The minimum atomic E-state index is -0.0692. The molecule has 0 atom stereocenters. The molecule has 0 saturated heterocycles. The highest BCUT2D eigenvalue weighted by Gasteiger charge is 2.23. The molecule has 90 valence electrons. The fourth-order valence-electron chi connectivity index (χ4n) is 1.82. The normalized spacial score (nSPS) is 14.5. The van der Waals surface area contributed by atoms with Gasteiger partial charge in [-0.25, -0.2) is 0 Å². The van der Waals surface area contributed by atoms with Crippen LogP contribution in [0.3, 0.4) is 0 Å². The zero-order valence-corrected chi connectivity index (χ0v) is 10.1. The predicted molar refractivity (Wildman–Crippen MR) is 67.1 cm³/mol. The molecular weight excluding hydrogens is 216 g/mol. The Morgan fingerprint density at radius 3 is 2.82 bits per heavy atom. The van der Waals surface area contributed by atoms with Crippen molar-refractivity contribution in [1.29, 1.82) is 0 Å². The molecular formula is C13H16N2O2. The number of benzene rings is 1. The SMILES string of the molecule is CC(C)C(=O)CN1CC(=O)Nc2ccccc21. The van der Waals surface area contributed by atoms with Crippen molar-refractivity contribution in [3.63, 3.8) is 0 Å². The number of fused-ring (bicyclic) bond motifs is 1. The summed E-state index contributed by atoms with van der Waals surface area (Å²) in [5.74, 6) is 0.0712. The van der Waals surface area contributed by atoms with E-state index in [9.17, 15) is 9.59 Å². The van der Waals surface area contributed by atoms with Crippen molar-refractivity contribution >= 4 is 23.1 Å². The van der Waals surface area contributed by atoms with Crippen LogP contribution in [0.5, 0.6) is 0 Å². The van der Waals surface area contributed by atoms with E-state index in [0.29, 0.717) is 6.54 Å². The number of hydrogen-bond donors (Lipinski definition) is 1. The van der Waals surface area contributed by atoms with E-state index in [1.54, 1.807) is 0 Å². The number of nitrogens with zero attached hydrogens (tertiary/aromatic N) is 1. The summed E-state index contributed by atoms with van der Waals surface area (Å²) in [5, 5.41) is 2.80. The molecule has 0 fully saturated rings. The van der Waals surface area contributed by atoms with Crippen molar-refractivity contribution in [3.8, 4) is 0 Å². The van der Waals surface area contributed by atoms with Gasteiger partial charge in [0.1, 0.15) is 0 Å². The lowest BCUT2D eigenvalue weighted by Crippen LogP contribution is -2.41. The Labute approximate surface area is 101 Å². The first-order chi connectivity index (χ1) is 8.08. The van der Waals surface area contributed by atoms with Gasteiger partial charge in [0.25, 0.3) is 0 Å². The highest BCUT2D eigenvalue weighted by atomic mass is 16.2. The van der Waals surface area contributed by atoms with Crippen LogP contribution in [0.15, 0.2) is 24.3 Å². The number of ketones is 1. The van der Waals surface area contributed by atoms with Gasteiger partial charge in [0.2, 0.25) is 5.91 Å². The third-order valence-electron chi connectivity index (χ3n) is 2.84. The van der Waals surface area contributed by atoms with Crippen LogP contribution in [0.1, 0.15) is 13.8 Å². The van der Waals surface area contributed by atoms with E-state index in [1.807, 2.05) is 43.0 Å². The van der Waals surface area contributed by atoms with Gasteiger partial charge in [-0.05, 0) is 12.1 Å². The topological polar surface area (TPSA) is 49.4 Å². The molecule has 0 spiro atoms. The van der Waals surface area contributed by atoms with Crippen molar-refractivity contribution in [3.05, 3.63) is 24.3 Å². The fraction of sp³-hybridized carbons (Fsp3) is 0.385. The number of hydrogen-bond acceptors (Lipinski definition) is 3. The van der Waals surface area contributed by atoms with Crippen LogP contribution >= 0.6 is 0 Å². The fourth-order valence-corrected chi connectivity index (χ4v) is 1.82. The van der Waals surface area contributed by atoms with Gasteiger partial charge in [0.15, 0.2) is 5.78 Å². The standard InChI is InChI=1S/C13H16N2O2/c1-9(2)12(16)7-15-8-13(17)14-10-5-3-4-6-11(10)15/h3-6,9H,7-8H2,1-2H3,(H,14,17). The Hall–Kier alpha value is -1.84. The third-order valence-corrected chi connectivity index (χ3v) is 2.84. The molecule has 17 heavy (non-hydrogen) atoms. The average Bonchev–Trinajstić information content (AvgIpc) is 2.28. The van der Waals surface area contributed by atoms with Crippen LogP contribution in [0.25, 0.3) is 0 Å². The average molecular weight is 232 g/mol. The van der Waals surface area contributed by atoms with Gasteiger partial charge in [0, 0.05) is 5.92 Å². The second kappa shape index (κ2) is 4.57. The Morgan fingerprint density at radius 2 is 2.12 bits per heavy atom. The minimum absolute atomic E-state index is 0.00727. The summed E-state index contributed by atoms with van der Waals surface area (Å²) in [6, 6.07) is 7.54. The molecule has 1 amide bonds. The van der Waals surface area contributed by atoms with E-state index in [1.165, 1.54) is 0 Å². The van der Waals surface area contributed by atoms with Crippen LogP contribution in [0.2, 0.25) is 0 Å². The van der Waals surface area contributed by atoms with Gasteiger partial charge in [0.05, 0.1) is 24.5 Å². The molecule has 1 aromatic rings. The predicted octanol–water partition coefficient (Wildman–Crippen LogP) is 1.67. The molecule has 2 rings (SSSR count). The summed E-state index contributed by atoms with van der Waals surface area (Å²) in [6.45, 7) is 4.29. The number of Topliss-reactive ketones (excluding diaryl/α,β-unsaturated/α-hetero) is 1. The number of anilines is 2. The Morgan fingerprint density at radius 1 is 1.41 bits per heavy atom. The van der Waals surface area contributed by atoms with Crippen molar-refractivity contribution in [2.75, 3.05) is 23.3 Å². The molecule has 1 N–H and O–H groups in total. The number of carbonyl (C=O) groups excluding carboxylic acids is 2. The van der Waals surface area contributed by atoms with Crippen LogP contribution in [-0.4, -0.2) is 24.8 Å². The molecule has 4 nitrogen and oxygen atoms in total. The molecule has 1 aliphatic rings. The lowest BCUT2D eigenvalue weighted by Gasteiger charge is -2.30. The van der Waals surface area contributed by atoms with Crippen LogP contribution in [-0.2, 0) is 9.59 Å². The van der Waals surface area contributed by atoms with E-state index in [4.69, 9.17) is 0 Å². The van der Waals surface area contributed by atoms with Crippen molar-refractivity contribution < 1.29 is 9.59 Å². The zero-order valence-electron chi connectivity index (χ0n) is 10.1. The zero-order chi connectivity index (χ0) is 12.4. The van der Waals surface area contributed by atoms with Gasteiger partial charge >= 0.3 is 0 Å². The second-order valence-electron chi connectivity index (χ2n) is 4.54. The van der Waals surface area contributed by atoms with Gasteiger partial charge in [-0.2, -0.15) is 0 Å². The van der Waals surface area contributed by atoms with Gasteiger partial charge < -0.3 is 10.2 Å². The number of para-hydroxylation sites is 2. The molecule has 1 aliphatic heterocycles. The molecule has 0 bridgehead atoms. The van der Waals surface area contributed by atoms with Crippen molar-refractivity contribution in [2.45, 2.75) is 13.8 Å². The lowest BCUT2D eigenvalue weighted by molar-refractivity contribution is -0.120. The van der Waals surface area contributed by atoms with Gasteiger partial charge in [-0.1, -0.05) is 26.0 Å². The third kappa shape index (κ3) is 2.46. The Kier molecular flexibility index (Phi) is 3.13. The molecule has 0 radical (unpaired) electrons. The molecule has 0 aliphatic carbocycles. The van der Waals surface area contributed by atoms with E-state index < -0.39 is 0 Å². The molecule has 0 unspecified atom stereocenters. The maximum absolute atomic E-state index is 11.8. The first-order valence-electron chi connectivity index (χ1n) is 5.74. The largest absolute Gasteiger partial charge is 0.353 e. The highest BCUT2D eigenvalue weighted by molar-refractivity contribution is 6.02. The van der Waals surface area contributed by atoms with E-state index in [-0.39, 0.29) is 24.2 Å². The maximum Gasteiger partial charge on any atom is 0.243 e. The number of nitrogens with one attached hydrogen (secondary N) is 1. The smallest absolute Gasteiger partial charge is 0.243 e. The molecule has 4 heteroatoms. The van der Waals surface area contributed by atoms with Crippen LogP contribution < -0.4 is 10.2 Å². The molecule has 0 saturated carbocycles. The summed E-state index contributed by atoms with van der Waals surface area (Å²) < 4.78 is 0. The molecule has 1 heterocycles. The molecule has 0 aromatic heterocycles. The van der Waals surface area contributed by atoms with Crippen LogP contribution in [0, 0.1) is 5.92 Å². The lowest BCUT2D eigenvalue weighted by atomic mass is 10.1. The van der Waals surface area contributed by atoms with E-state index in [0.717, 1.165) is 11.4 Å². The quantitative estimate of drug-likeness (QED) is 0.862. The van der Waals surface area contributed by atoms with Crippen molar-refractivity contribution in [2.24, 2.45) is 5.92 Å². The monoisotopic (exact) mass is 232 g/mol. The highest BCUT2D eigenvalue weighted by Crippen LogP contribution is 2.28. The molecule has 1 aromatic carbocycles. The number of carbonyl (C=O) groups is 2. The second-order valence-corrected chi connectivity index (χ2v) is 4.54. The maximum atomic E-state index is 11.8. The summed E-state index contributed by atoms with van der Waals surface area (Å²) in [6.07, 6.45) is 0. The Bertz CT molecular complexity index is 454. The first kappa shape index (κ1) is 11.6. The summed E-state index contributed by atoms with van der Waals surface area (Å²) in [5.41, 5.74) is 1.70.